The largest absolute Gasteiger partial charge is 0.338 e. The Hall–Kier alpha value is -1.87. The van der Waals surface area contributed by atoms with Crippen LogP contribution in [-0.4, -0.2) is 6.04 Å². The first-order chi connectivity index (χ1) is 10.1. The minimum Gasteiger partial charge on any atom is -0.338 e. The number of hydrogen-bond acceptors (Lipinski definition) is 2. The third-order valence-corrected chi connectivity index (χ3v) is 4.26. The van der Waals surface area contributed by atoms with Crippen molar-refractivity contribution in [3.05, 3.63) is 59.4 Å². The molecule has 3 rings (SSSR count). The molecular formula is C18H21FN2. The van der Waals surface area contributed by atoms with Crippen LogP contribution in [0.1, 0.15) is 37.4 Å². The molecule has 2 nitrogen and oxygen atoms in total. The normalized spacial score (nSPS) is 19.2. The van der Waals surface area contributed by atoms with Gasteiger partial charge >= 0.3 is 0 Å². The minimum atomic E-state index is -0.232. The molecule has 2 unspecified atom stereocenters. The van der Waals surface area contributed by atoms with E-state index in [4.69, 9.17) is 5.73 Å². The van der Waals surface area contributed by atoms with Crippen LogP contribution in [0.25, 0.3) is 0 Å². The van der Waals surface area contributed by atoms with Crippen LogP contribution in [0, 0.1) is 5.82 Å². The van der Waals surface area contributed by atoms with Crippen molar-refractivity contribution in [1.82, 2.24) is 0 Å². The number of para-hydroxylation sites is 1. The molecular weight excluding hydrogens is 263 g/mol. The van der Waals surface area contributed by atoms with Gasteiger partial charge in [0.2, 0.25) is 0 Å². The number of nitrogens with zero attached hydrogens (tertiary/aromatic N) is 1. The fourth-order valence-corrected chi connectivity index (χ4v) is 3.16. The van der Waals surface area contributed by atoms with Crippen molar-refractivity contribution >= 4 is 11.4 Å². The van der Waals surface area contributed by atoms with Crippen molar-refractivity contribution in [2.45, 2.75) is 38.8 Å². The van der Waals surface area contributed by atoms with Gasteiger partial charge in [0, 0.05) is 23.5 Å². The molecule has 0 saturated carbocycles. The van der Waals surface area contributed by atoms with E-state index in [1.807, 2.05) is 13.0 Å². The summed E-state index contributed by atoms with van der Waals surface area (Å²) in [6.45, 7) is 4.11. The average molecular weight is 284 g/mol. The summed E-state index contributed by atoms with van der Waals surface area (Å²) in [5, 5.41) is 0. The van der Waals surface area contributed by atoms with Gasteiger partial charge in [-0.1, -0.05) is 18.2 Å². The Bertz CT molecular complexity index is 651. The molecule has 0 bridgehead atoms. The number of anilines is 2. The maximum atomic E-state index is 13.6. The van der Waals surface area contributed by atoms with Gasteiger partial charge in [0.1, 0.15) is 5.82 Å². The highest BCUT2D eigenvalue weighted by molar-refractivity contribution is 5.71. The third kappa shape index (κ3) is 2.54. The first-order valence-corrected chi connectivity index (χ1v) is 7.50. The highest BCUT2D eigenvalue weighted by Crippen LogP contribution is 2.39. The van der Waals surface area contributed by atoms with E-state index in [1.54, 1.807) is 6.07 Å². The number of nitrogens with two attached hydrogens (primary N) is 1. The van der Waals surface area contributed by atoms with Gasteiger partial charge in [-0.15, -0.1) is 0 Å². The van der Waals surface area contributed by atoms with Crippen molar-refractivity contribution in [3.8, 4) is 0 Å². The van der Waals surface area contributed by atoms with Crippen LogP contribution in [0.2, 0.25) is 0 Å². The van der Waals surface area contributed by atoms with Crippen molar-refractivity contribution in [3.63, 3.8) is 0 Å². The SMILES string of the molecule is CC(N)c1cc(F)ccc1N1c2ccccc2CCC1C. The van der Waals surface area contributed by atoms with Crippen LogP contribution in [0.5, 0.6) is 0 Å². The number of rotatable bonds is 2. The lowest BCUT2D eigenvalue weighted by Crippen LogP contribution is -2.34. The van der Waals surface area contributed by atoms with Crippen LogP contribution < -0.4 is 10.6 Å². The van der Waals surface area contributed by atoms with Gasteiger partial charge in [0.05, 0.1) is 0 Å². The molecule has 0 radical (unpaired) electrons. The Morgan fingerprint density at radius 1 is 1.19 bits per heavy atom. The first-order valence-electron chi connectivity index (χ1n) is 7.50. The van der Waals surface area contributed by atoms with E-state index in [9.17, 15) is 4.39 Å². The first kappa shape index (κ1) is 14.1. The van der Waals surface area contributed by atoms with Crippen LogP contribution in [0.3, 0.4) is 0 Å². The fourth-order valence-electron chi connectivity index (χ4n) is 3.16. The van der Waals surface area contributed by atoms with Crippen molar-refractivity contribution < 1.29 is 4.39 Å². The molecule has 1 heterocycles. The highest BCUT2D eigenvalue weighted by atomic mass is 19.1. The zero-order valence-electron chi connectivity index (χ0n) is 12.5. The van der Waals surface area contributed by atoms with Crippen LogP contribution >= 0.6 is 0 Å². The molecule has 2 aromatic carbocycles. The van der Waals surface area contributed by atoms with Gasteiger partial charge in [0.25, 0.3) is 0 Å². The van der Waals surface area contributed by atoms with Crippen molar-refractivity contribution in [1.29, 1.82) is 0 Å². The smallest absolute Gasteiger partial charge is 0.123 e. The Balaban J connectivity index is 2.16. The summed E-state index contributed by atoms with van der Waals surface area (Å²) in [4.78, 5) is 2.30. The van der Waals surface area contributed by atoms with Crippen LogP contribution in [-0.2, 0) is 6.42 Å². The Morgan fingerprint density at radius 3 is 2.71 bits per heavy atom. The van der Waals surface area contributed by atoms with E-state index in [0.29, 0.717) is 6.04 Å². The summed E-state index contributed by atoms with van der Waals surface area (Å²) in [6, 6.07) is 13.5. The van der Waals surface area contributed by atoms with Crippen LogP contribution in [0.15, 0.2) is 42.5 Å². The molecule has 1 aliphatic rings. The van der Waals surface area contributed by atoms with Crippen molar-refractivity contribution in [2.24, 2.45) is 5.73 Å². The molecule has 2 aromatic rings. The second kappa shape index (κ2) is 5.49. The number of aryl methyl sites for hydroxylation is 1. The molecule has 0 amide bonds. The Labute approximate surface area is 125 Å². The highest BCUT2D eigenvalue weighted by Gasteiger charge is 2.26. The lowest BCUT2D eigenvalue weighted by molar-refractivity contribution is 0.605. The van der Waals surface area contributed by atoms with Gasteiger partial charge < -0.3 is 10.6 Å². The molecule has 0 aliphatic carbocycles. The minimum absolute atomic E-state index is 0.197. The summed E-state index contributed by atoms with van der Waals surface area (Å²) in [6.07, 6.45) is 2.18. The van der Waals surface area contributed by atoms with E-state index in [-0.39, 0.29) is 11.9 Å². The molecule has 0 aromatic heterocycles. The zero-order chi connectivity index (χ0) is 15.0. The van der Waals surface area contributed by atoms with Gasteiger partial charge in [-0.25, -0.2) is 4.39 Å². The second-order valence-electron chi connectivity index (χ2n) is 5.88. The van der Waals surface area contributed by atoms with Gasteiger partial charge in [0.15, 0.2) is 0 Å². The molecule has 1 aliphatic heterocycles. The van der Waals surface area contributed by atoms with Crippen molar-refractivity contribution in [2.75, 3.05) is 4.90 Å². The number of benzene rings is 2. The second-order valence-corrected chi connectivity index (χ2v) is 5.88. The molecule has 0 saturated heterocycles. The maximum absolute atomic E-state index is 13.6. The fraction of sp³-hybridized carbons (Fsp3) is 0.333. The maximum Gasteiger partial charge on any atom is 0.123 e. The number of hydrogen-bond donors (Lipinski definition) is 1. The van der Waals surface area contributed by atoms with Gasteiger partial charge in [-0.3, -0.25) is 0 Å². The van der Waals surface area contributed by atoms with E-state index in [0.717, 1.165) is 24.1 Å². The standard InChI is InChI=1S/C18H21FN2/c1-12-7-8-14-5-3-4-6-17(14)21(12)18-10-9-15(19)11-16(18)13(2)20/h3-6,9-13H,7-8,20H2,1-2H3. The quantitative estimate of drug-likeness (QED) is 0.890. The number of halogens is 1. The van der Waals surface area contributed by atoms with Gasteiger partial charge in [-0.2, -0.15) is 0 Å². The summed E-state index contributed by atoms with van der Waals surface area (Å²) in [7, 11) is 0. The Morgan fingerprint density at radius 2 is 1.95 bits per heavy atom. The molecule has 2 N–H and O–H groups in total. The van der Waals surface area contributed by atoms with E-state index in [2.05, 4.69) is 36.1 Å². The van der Waals surface area contributed by atoms with Gasteiger partial charge in [-0.05, 0) is 62.1 Å². The molecule has 0 fully saturated rings. The average Bonchev–Trinajstić information content (AvgIpc) is 2.47. The number of fused-ring (bicyclic) bond motifs is 1. The molecule has 110 valence electrons. The predicted octanol–water partition coefficient (Wildman–Crippen LogP) is 4.32. The summed E-state index contributed by atoms with van der Waals surface area (Å²) >= 11 is 0. The lowest BCUT2D eigenvalue weighted by atomic mass is 9.94. The topological polar surface area (TPSA) is 29.3 Å². The monoisotopic (exact) mass is 284 g/mol. The summed E-state index contributed by atoms with van der Waals surface area (Å²) < 4.78 is 13.6. The molecule has 3 heteroatoms. The molecule has 21 heavy (non-hydrogen) atoms. The summed E-state index contributed by atoms with van der Waals surface area (Å²) in [5.74, 6) is -0.232. The van der Waals surface area contributed by atoms with Crippen LogP contribution in [0.4, 0.5) is 15.8 Å². The third-order valence-electron chi connectivity index (χ3n) is 4.26. The van der Waals surface area contributed by atoms with E-state index >= 15 is 0 Å². The zero-order valence-corrected chi connectivity index (χ0v) is 12.5. The lowest BCUT2D eigenvalue weighted by Gasteiger charge is -2.38. The molecule has 2 atom stereocenters. The van der Waals surface area contributed by atoms with E-state index < -0.39 is 0 Å². The Kier molecular flexibility index (Phi) is 3.68. The predicted molar refractivity (Wildman–Crippen MR) is 85.4 cm³/mol. The summed E-state index contributed by atoms with van der Waals surface area (Å²) in [5.41, 5.74) is 10.5. The molecule has 0 spiro atoms. The van der Waals surface area contributed by atoms with E-state index in [1.165, 1.54) is 17.3 Å².